The fraction of sp³-hybridized carbons (Fsp3) is 0.200. The van der Waals surface area contributed by atoms with Gasteiger partial charge in [0.15, 0.2) is 0 Å². The minimum absolute atomic E-state index is 0.0956. The summed E-state index contributed by atoms with van der Waals surface area (Å²) in [5.74, 6) is 0. The smallest absolute Gasteiger partial charge is 0.0618 e. The van der Waals surface area contributed by atoms with Crippen LogP contribution in [0, 0.1) is 0 Å². The molecule has 0 fully saturated rings. The van der Waals surface area contributed by atoms with Crippen molar-refractivity contribution in [2.45, 2.75) is 6.92 Å². The molecule has 0 saturated heterocycles. The Bertz CT molecular complexity index is 292. The molecule has 0 atom stereocenters. The third-order valence-corrected chi connectivity index (χ3v) is 2.17. The van der Waals surface area contributed by atoms with Gasteiger partial charge in [-0.05, 0) is 30.2 Å². The van der Waals surface area contributed by atoms with Crippen molar-refractivity contribution in [3.63, 3.8) is 0 Å². The second-order valence-electron chi connectivity index (χ2n) is 2.58. The van der Waals surface area contributed by atoms with E-state index in [0.717, 1.165) is 15.6 Å². The summed E-state index contributed by atoms with van der Waals surface area (Å²) >= 11 is 3.39. The van der Waals surface area contributed by atoms with Crippen molar-refractivity contribution in [3.8, 4) is 0 Å². The molecule has 1 nitrogen and oxygen atoms in total. The van der Waals surface area contributed by atoms with Crippen LogP contribution in [0.1, 0.15) is 12.5 Å². The zero-order chi connectivity index (χ0) is 8.97. The molecule has 0 aromatic heterocycles. The van der Waals surface area contributed by atoms with Crippen LogP contribution in [-0.4, -0.2) is 11.7 Å². The second kappa shape index (κ2) is 4.43. The lowest BCUT2D eigenvalue weighted by Gasteiger charge is -2.00. The molecule has 0 aliphatic rings. The Morgan fingerprint density at radius 1 is 1.58 bits per heavy atom. The van der Waals surface area contributed by atoms with Gasteiger partial charge < -0.3 is 5.11 Å². The largest absolute Gasteiger partial charge is 0.392 e. The summed E-state index contributed by atoms with van der Waals surface area (Å²) in [7, 11) is 0. The molecular weight excluding hydrogens is 216 g/mol. The summed E-state index contributed by atoms with van der Waals surface area (Å²) < 4.78 is 1.06. The topological polar surface area (TPSA) is 20.2 Å². The minimum atomic E-state index is 0.0956. The number of hydrogen-bond donors (Lipinski definition) is 1. The molecular formula is C10H11BrO. The summed E-state index contributed by atoms with van der Waals surface area (Å²) in [5.41, 5.74) is 2.23. The van der Waals surface area contributed by atoms with E-state index in [2.05, 4.69) is 15.9 Å². The predicted molar refractivity (Wildman–Crippen MR) is 54.9 cm³/mol. The Hall–Kier alpha value is -0.600. The average molecular weight is 227 g/mol. The van der Waals surface area contributed by atoms with Gasteiger partial charge in [-0.1, -0.05) is 34.1 Å². The number of halogens is 1. The highest BCUT2D eigenvalue weighted by molar-refractivity contribution is 9.10. The van der Waals surface area contributed by atoms with Gasteiger partial charge in [-0.25, -0.2) is 0 Å². The van der Waals surface area contributed by atoms with Gasteiger partial charge in [-0.2, -0.15) is 0 Å². The van der Waals surface area contributed by atoms with Gasteiger partial charge in [0.25, 0.3) is 0 Å². The van der Waals surface area contributed by atoms with Gasteiger partial charge >= 0.3 is 0 Å². The summed E-state index contributed by atoms with van der Waals surface area (Å²) in [6.45, 7) is 2.08. The zero-order valence-corrected chi connectivity index (χ0v) is 8.51. The van der Waals surface area contributed by atoms with Crippen LogP contribution in [0.2, 0.25) is 0 Å². The Kier molecular flexibility index (Phi) is 3.50. The fourth-order valence-corrected chi connectivity index (χ4v) is 1.39. The maximum Gasteiger partial charge on any atom is 0.0618 e. The Balaban J connectivity index is 2.95. The molecule has 1 N–H and O–H groups in total. The third-order valence-electron chi connectivity index (χ3n) is 1.68. The molecule has 12 heavy (non-hydrogen) atoms. The van der Waals surface area contributed by atoms with Crippen LogP contribution in [0.3, 0.4) is 0 Å². The first-order valence-electron chi connectivity index (χ1n) is 3.77. The highest BCUT2D eigenvalue weighted by atomic mass is 79.9. The van der Waals surface area contributed by atoms with Crippen LogP contribution in [0.25, 0.3) is 5.57 Å². The predicted octanol–water partition coefficient (Wildman–Crippen LogP) is 2.84. The molecule has 0 aliphatic carbocycles. The lowest BCUT2D eigenvalue weighted by Crippen LogP contribution is -1.81. The molecule has 2 heteroatoms. The van der Waals surface area contributed by atoms with Gasteiger partial charge in [0.05, 0.1) is 6.61 Å². The first-order chi connectivity index (χ1) is 5.74. The maximum atomic E-state index is 8.68. The molecule has 0 bridgehead atoms. The first kappa shape index (κ1) is 9.49. The van der Waals surface area contributed by atoms with Crippen LogP contribution in [-0.2, 0) is 0 Å². The van der Waals surface area contributed by atoms with Crippen molar-refractivity contribution < 1.29 is 5.11 Å². The number of aliphatic hydroxyl groups is 1. The number of allylic oxidation sites excluding steroid dienone is 1. The third kappa shape index (κ3) is 2.47. The molecule has 1 aromatic rings. The quantitative estimate of drug-likeness (QED) is 0.823. The summed E-state index contributed by atoms with van der Waals surface area (Å²) in [5, 5.41) is 8.68. The lowest BCUT2D eigenvalue weighted by molar-refractivity contribution is 0.343. The molecule has 0 radical (unpaired) electrons. The fourth-order valence-electron chi connectivity index (χ4n) is 0.989. The minimum Gasteiger partial charge on any atom is -0.392 e. The highest BCUT2D eigenvalue weighted by Gasteiger charge is 1.94. The van der Waals surface area contributed by atoms with Gasteiger partial charge in [0.1, 0.15) is 0 Å². The van der Waals surface area contributed by atoms with E-state index < -0.39 is 0 Å². The average Bonchev–Trinajstić information content (AvgIpc) is 2.05. The Labute approximate surface area is 80.9 Å². The summed E-state index contributed by atoms with van der Waals surface area (Å²) in [6.07, 6.45) is 1.79. The van der Waals surface area contributed by atoms with E-state index in [1.165, 1.54) is 0 Å². The van der Waals surface area contributed by atoms with Crippen molar-refractivity contribution in [1.29, 1.82) is 0 Å². The van der Waals surface area contributed by atoms with Crippen molar-refractivity contribution in [2.24, 2.45) is 0 Å². The SMILES string of the molecule is CC(=CCO)c1cccc(Br)c1. The Morgan fingerprint density at radius 3 is 2.92 bits per heavy atom. The molecule has 1 aromatic carbocycles. The molecule has 0 aliphatic heterocycles. The van der Waals surface area contributed by atoms with Gasteiger partial charge in [-0.3, -0.25) is 0 Å². The number of hydrogen-bond acceptors (Lipinski definition) is 1. The van der Waals surface area contributed by atoms with Gasteiger partial charge in [0.2, 0.25) is 0 Å². The molecule has 0 unspecified atom stereocenters. The number of rotatable bonds is 2. The van der Waals surface area contributed by atoms with E-state index in [-0.39, 0.29) is 6.61 Å². The molecule has 0 heterocycles. The van der Waals surface area contributed by atoms with E-state index in [9.17, 15) is 0 Å². The number of benzene rings is 1. The second-order valence-corrected chi connectivity index (χ2v) is 3.50. The lowest BCUT2D eigenvalue weighted by atomic mass is 10.1. The normalized spacial score (nSPS) is 11.8. The van der Waals surface area contributed by atoms with Crippen molar-refractivity contribution in [2.75, 3.05) is 6.61 Å². The van der Waals surface area contributed by atoms with E-state index in [1.54, 1.807) is 6.08 Å². The Morgan fingerprint density at radius 2 is 2.33 bits per heavy atom. The van der Waals surface area contributed by atoms with E-state index >= 15 is 0 Å². The van der Waals surface area contributed by atoms with Gasteiger partial charge in [-0.15, -0.1) is 0 Å². The van der Waals surface area contributed by atoms with E-state index in [4.69, 9.17) is 5.11 Å². The maximum absolute atomic E-state index is 8.68. The van der Waals surface area contributed by atoms with Crippen LogP contribution in [0.15, 0.2) is 34.8 Å². The molecule has 0 saturated carbocycles. The molecule has 0 amide bonds. The first-order valence-corrected chi connectivity index (χ1v) is 4.57. The number of aliphatic hydroxyl groups excluding tert-OH is 1. The molecule has 0 spiro atoms. The summed E-state index contributed by atoms with van der Waals surface area (Å²) in [6, 6.07) is 8.01. The molecule has 64 valence electrons. The standard InChI is InChI=1S/C10H11BrO/c1-8(5-6-12)9-3-2-4-10(11)7-9/h2-5,7,12H,6H2,1H3. The zero-order valence-electron chi connectivity index (χ0n) is 6.92. The summed E-state index contributed by atoms with van der Waals surface area (Å²) in [4.78, 5) is 0. The van der Waals surface area contributed by atoms with Gasteiger partial charge in [0, 0.05) is 4.47 Å². The van der Waals surface area contributed by atoms with Crippen molar-refractivity contribution in [1.82, 2.24) is 0 Å². The van der Waals surface area contributed by atoms with Crippen molar-refractivity contribution in [3.05, 3.63) is 40.4 Å². The van der Waals surface area contributed by atoms with Crippen LogP contribution < -0.4 is 0 Å². The van der Waals surface area contributed by atoms with Crippen LogP contribution in [0.4, 0.5) is 0 Å². The molecule has 1 rings (SSSR count). The monoisotopic (exact) mass is 226 g/mol. The van der Waals surface area contributed by atoms with Crippen molar-refractivity contribution >= 4 is 21.5 Å². The van der Waals surface area contributed by atoms with Crippen LogP contribution >= 0.6 is 15.9 Å². The highest BCUT2D eigenvalue weighted by Crippen LogP contribution is 2.18. The van der Waals surface area contributed by atoms with Crippen LogP contribution in [0.5, 0.6) is 0 Å². The van der Waals surface area contributed by atoms with E-state index in [1.807, 2.05) is 31.2 Å². The van der Waals surface area contributed by atoms with E-state index in [0.29, 0.717) is 0 Å².